The van der Waals surface area contributed by atoms with Crippen LogP contribution in [0.3, 0.4) is 0 Å². The third-order valence-electron chi connectivity index (χ3n) is 1.95. The summed E-state index contributed by atoms with van der Waals surface area (Å²) in [7, 11) is -4.03. The Labute approximate surface area is 84.5 Å². The largest absolute Gasteiger partial charge is 0.748 e. The molecule has 0 fully saturated rings. The molecule has 14 heavy (non-hydrogen) atoms. The van der Waals surface area contributed by atoms with E-state index in [-0.39, 0.29) is 5.75 Å². The molecule has 0 radical (unpaired) electrons. The van der Waals surface area contributed by atoms with Crippen molar-refractivity contribution in [2.75, 3.05) is 5.75 Å². The van der Waals surface area contributed by atoms with E-state index in [1.165, 1.54) is 5.56 Å². The van der Waals surface area contributed by atoms with Crippen LogP contribution in [0.1, 0.15) is 18.4 Å². The van der Waals surface area contributed by atoms with Crippen molar-refractivity contribution in [1.82, 2.24) is 0 Å². The van der Waals surface area contributed by atoms with Crippen molar-refractivity contribution < 1.29 is 13.0 Å². The van der Waals surface area contributed by atoms with E-state index in [2.05, 4.69) is 0 Å². The van der Waals surface area contributed by atoms with Crippen LogP contribution in [0.15, 0.2) is 30.3 Å². The molecule has 1 aromatic rings. The first-order valence-electron chi connectivity index (χ1n) is 4.55. The van der Waals surface area contributed by atoms with Gasteiger partial charge in [0.15, 0.2) is 0 Å². The van der Waals surface area contributed by atoms with Crippen LogP contribution >= 0.6 is 0 Å². The van der Waals surface area contributed by atoms with Crippen molar-refractivity contribution in [3.8, 4) is 0 Å². The second kappa shape index (κ2) is 5.12. The Balaban J connectivity index is 2.23. The van der Waals surface area contributed by atoms with Crippen LogP contribution in [-0.2, 0) is 16.5 Å². The highest BCUT2D eigenvalue weighted by Gasteiger charge is 1.96. The van der Waals surface area contributed by atoms with Crippen molar-refractivity contribution in [2.24, 2.45) is 0 Å². The summed E-state index contributed by atoms with van der Waals surface area (Å²) in [6, 6.07) is 9.81. The first-order valence-corrected chi connectivity index (χ1v) is 6.13. The predicted octanol–water partition coefficient (Wildman–Crippen LogP) is 1.55. The standard InChI is InChI=1S/C10H14O3S/c11-14(12,13)9-5-4-8-10-6-2-1-3-7-10/h1-3,6-7H,4-5,8-9H2,(H,11,12,13)/p-1. The number of benzene rings is 1. The maximum absolute atomic E-state index is 10.3. The summed E-state index contributed by atoms with van der Waals surface area (Å²) in [5.74, 6) is -0.250. The van der Waals surface area contributed by atoms with E-state index in [9.17, 15) is 13.0 Å². The Bertz CT molecular complexity index is 356. The second-order valence-electron chi connectivity index (χ2n) is 3.20. The van der Waals surface area contributed by atoms with E-state index >= 15 is 0 Å². The van der Waals surface area contributed by atoms with E-state index in [1.54, 1.807) is 0 Å². The molecule has 0 heterocycles. The van der Waals surface area contributed by atoms with Gasteiger partial charge >= 0.3 is 0 Å². The molecule has 0 aliphatic heterocycles. The molecular weight excluding hydrogens is 200 g/mol. The lowest BCUT2D eigenvalue weighted by molar-refractivity contribution is 0.460. The van der Waals surface area contributed by atoms with E-state index in [1.807, 2.05) is 30.3 Å². The van der Waals surface area contributed by atoms with Crippen molar-refractivity contribution in [3.05, 3.63) is 35.9 Å². The molecule has 0 saturated carbocycles. The van der Waals surface area contributed by atoms with Crippen molar-refractivity contribution in [1.29, 1.82) is 0 Å². The van der Waals surface area contributed by atoms with Gasteiger partial charge in [-0.3, -0.25) is 0 Å². The lowest BCUT2D eigenvalue weighted by Crippen LogP contribution is -2.04. The van der Waals surface area contributed by atoms with Gasteiger partial charge in [0.25, 0.3) is 0 Å². The smallest absolute Gasteiger partial charge is 0.0945 e. The number of aryl methyl sites for hydroxylation is 1. The minimum Gasteiger partial charge on any atom is -0.748 e. The van der Waals surface area contributed by atoms with Gasteiger partial charge in [0.1, 0.15) is 0 Å². The molecule has 0 atom stereocenters. The third-order valence-corrected chi connectivity index (χ3v) is 2.74. The summed E-state index contributed by atoms with van der Waals surface area (Å²) in [6.45, 7) is 0. The summed E-state index contributed by atoms with van der Waals surface area (Å²) < 4.78 is 30.9. The van der Waals surface area contributed by atoms with Crippen molar-refractivity contribution >= 4 is 10.1 Å². The van der Waals surface area contributed by atoms with Crippen LogP contribution < -0.4 is 0 Å². The van der Waals surface area contributed by atoms with Crippen LogP contribution in [-0.4, -0.2) is 18.7 Å². The maximum atomic E-state index is 10.3. The number of rotatable bonds is 5. The second-order valence-corrected chi connectivity index (χ2v) is 4.73. The van der Waals surface area contributed by atoms with Gasteiger partial charge in [0.2, 0.25) is 0 Å². The van der Waals surface area contributed by atoms with E-state index in [0.29, 0.717) is 6.42 Å². The van der Waals surface area contributed by atoms with Gasteiger partial charge in [-0.2, -0.15) is 0 Å². The van der Waals surface area contributed by atoms with Crippen LogP contribution in [0.25, 0.3) is 0 Å². The molecule has 0 aliphatic rings. The van der Waals surface area contributed by atoms with Gasteiger partial charge in [-0.25, -0.2) is 8.42 Å². The normalized spacial score (nSPS) is 11.5. The fourth-order valence-corrected chi connectivity index (χ4v) is 1.81. The molecule has 4 heteroatoms. The van der Waals surface area contributed by atoms with E-state index in [4.69, 9.17) is 0 Å². The average Bonchev–Trinajstić information content (AvgIpc) is 2.13. The summed E-state index contributed by atoms with van der Waals surface area (Å²) >= 11 is 0. The molecule has 78 valence electrons. The molecule has 0 spiro atoms. The SMILES string of the molecule is O=S(=O)([O-])CCCCc1ccccc1. The Morgan fingerprint density at radius 3 is 2.29 bits per heavy atom. The minimum absolute atomic E-state index is 0.250. The first-order chi connectivity index (χ1) is 6.58. The minimum atomic E-state index is -4.03. The predicted molar refractivity (Wildman–Crippen MR) is 53.9 cm³/mol. The van der Waals surface area contributed by atoms with Crippen LogP contribution in [0.4, 0.5) is 0 Å². The van der Waals surface area contributed by atoms with Crippen LogP contribution in [0.2, 0.25) is 0 Å². The number of hydrogen-bond acceptors (Lipinski definition) is 3. The molecule has 0 amide bonds. The summed E-state index contributed by atoms with van der Waals surface area (Å²) in [5.41, 5.74) is 1.18. The summed E-state index contributed by atoms with van der Waals surface area (Å²) in [5, 5.41) is 0. The van der Waals surface area contributed by atoms with Crippen LogP contribution in [0, 0.1) is 0 Å². The molecule has 0 aliphatic carbocycles. The Hall–Kier alpha value is -0.870. The zero-order chi connectivity index (χ0) is 10.4. The average molecular weight is 213 g/mol. The highest BCUT2D eigenvalue weighted by molar-refractivity contribution is 7.85. The molecule has 0 aromatic heterocycles. The van der Waals surface area contributed by atoms with Gasteiger partial charge in [-0.05, 0) is 24.8 Å². The first kappa shape index (κ1) is 11.2. The zero-order valence-electron chi connectivity index (χ0n) is 7.85. The van der Waals surface area contributed by atoms with Crippen molar-refractivity contribution in [2.45, 2.75) is 19.3 Å². The lowest BCUT2D eigenvalue weighted by Gasteiger charge is -2.05. The highest BCUT2D eigenvalue weighted by Crippen LogP contribution is 2.05. The quantitative estimate of drug-likeness (QED) is 0.551. The maximum Gasteiger partial charge on any atom is 0.0945 e. The van der Waals surface area contributed by atoms with Gasteiger partial charge in [0.05, 0.1) is 10.1 Å². The van der Waals surface area contributed by atoms with Crippen LogP contribution in [0.5, 0.6) is 0 Å². The van der Waals surface area contributed by atoms with Gasteiger partial charge in [-0.1, -0.05) is 30.3 Å². The Morgan fingerprint density at radius 1 is 1.07 bits per heavy atom. The van der Waals surface area contributed by atoms with Gasteiger partial charge < -0.3 is 4.55 Å². The molecule has 1 aromatic carbocycles. The monoisotopic (exact) mass is 213 g/mol. The Kier molecular flexibility index (Phi) is 4.10. The molecule has 0 unspecified atom stereocenters. The zero-order valence-corrected chi connectivity index (χ0v) is 8.66. The molecular formula is C10H13O3S-. The number of hydrogen-bond donors (Lipinski definition) is 0. The molecule has 0 N–H and O–H groups in total. The van der Waals surface area contributed by atoms with Gasteiger partial charge in [0, 0.05) is 5.75 Å². The topological polar surface area (TPSA) is 57.2 Å². The molecule has 3 nitrogen and oxygen atoms in total. The summed E-state index contributed by atoms with van der Waals surface area (Å²) in [6.07, 6.45) is 2.02. The third kappa shape index (κ3) is 4.99. The summed E-state index contributed by atoms with van der Waals surface area (Å²) in [4.78, 5) is 0. The number of unbranched alkanes of at least 4 members (excludes halogenated alkanes) is 1. The van der Waals surface area contributed by atoms with E-state index < -0.39 is 10.1 Å². The van der Waals surface area contributed by atoms with Crippen molar-refractivity contribution in [3.63, 3.8) is 0 Å². The lowest BCUT2D eigenvalue weighted by atomic mass is 10.1. The molecule has 1 rings (SSSR count). The fraction of sp³-hybridized carbons (Fsp3) is 0.400. The molecule has 0 bridgehead atoms. The fourth-order valence-electron chi connectivity index (χ4n) is 1.25. The molecule has 0 saturated heterocycles. The van der Waals surface area contributed by atoms with Gasteiger partial charge in [-0.15, -0.1) is 0 Å². The highest BCUT2D eigenvalue weighted by atomic mass is 32.2. The van der Waals surface area contributed by atoms with E-state index in [0.717, 1.165) is 12.8 Å². The Morgan fingerprint density at radius 2 is 1.71 bits per heavy atom.